The summed E-state index contributed by atoms with van der Waals surface area (Å²) >= 11 is 6.14. The van der Waals surface area contributed by atoms with E-state index in [1.165, 1.54) is 0 Å². The Hall–Kier alpha value is -3.62. The van der Waals surface area contributed by atoms with Gasteiger partial charge in [-0.05, 0) is 29.3 Å². The second kappa shape index (κ2) is 11.0. The van der Waals surface area contributed by atoms with Crippen LogP contribution in [0, 0.1) is 11.3 Å². The second-order valence-electron chi connectivity index (χ2n) is 7.00. The number of nitrogens with one attached hydrogen (secondary N) is 1. The monoisotopic (exact) mass is 431 g/mol. The zero-order chi connectivity index (χ0) is 22.1. The van der Waals surface area contributed by atoms with Crippen LogP contribution in [-0.2, 0) is 22.6 Å². The van der Waals surface area contributed by atoms with Crippen LogP contribution in [-0.4, -0.2) is 18.4 Å². The molecule has 0 heterocycles. The highest BCUT2D eigenvalue weighted by Gasteiger charge is 2.20. The quantitative estimate of drug-likeness (QED) is 0.571. The highest BCUT2D eigenvalue weighted by Crippen LogP contribution is 2.26. The minimum absolute atomic E-state index is 0.102. The predicted molar refractivity (Wildman–Crippen MR) is 122 cm³/mol. The molecule has 0 radical (unpaired) electrons. The van der Waals surface area contributed by atoms with E-state index in [0.29, 0.717) is 22.8 Å². The molecule has 3 rings (SSSR count). The van der Waals surface area contributed by atoms with Gasteiger partial charge in [-0.2, -0.15) is 5.26 Å². The van der Waals surface area contributed by atoms with E-state index in [-0.39, 0.29) is 31.2 Å². The number of carbonyl (C=O) groups excluding carboxylic acids is 2. The molecule has 0 aliphatic rings. The van der Waals surface area contributed by atoms with Crippen molar-refractivity contribution in [3.8, 4) is 6.07 Å². The van der Waals surface area contributed by atoms with Gasteiger partial charge < -0.3 is 10.2 Å². The highest BCUT2D eigenvalue weighted by atomic mass is 35.5. The van der Waals surface area contributed by atoms with Crippen LogP contribution in [0.4, 0.5) is 5.69 Å². The summed E-state index contributed by atoms with van der Waals surface area (Å²) < 4.78 is 0. The normalized spacial score (nSPS) is 10.2. The number of rotatable bonds is 8. The molecule has 31 heavy (non-hydrogen) atoms. The largest absolute Gasteiger partial charge is 0.355 e. The van der Waals surface area contributed by atoms with Crippen LogP contribution < -0.4 is 10.2 Å². The van der Waals surface area contributed by atoms with Gasteiger partial charge in [0.15, 0.2) is 0 Å². The van der Waals surface area contributed by atoms with Crippen molar-refractivity contribution >= 4 is 29.1 Å². The van der Waals surface area contributed by atoms with Crippen molar-refractivity contribution in [2.45, 2.75) is 19.4 Å². The molecule has 5 nitrogen and oxygen atoms in total. The Morgan fingerprint density at radius 1 is 0.935 bits per heavy atom. The third-order valence-corrected chi connectivity index (χ3v) is 4.96. The van der Waals surface area contributed by atoms with Gasteiger partial charge in [-0.3, -0.25) is 9.59 Å². The van der Waals surface area contributed by atoms with Crippen molar-refractivity contribution in [3.63, 3.8) is 0 Å². The smallest absolute Gasteiger partial charge is 0.229 e. The van der Waals surface area contributed by atoms with Crippen LogP contribution in [0.25, 0.3) is 0 Å². The standard InChI is InChI=1S/C25H22ClN3O2/c26-22-12-11-21(17-27)23(16-22)29(18-20-9-5-2-6-10-20)25(31)13-14-28-24(30)15-19-7-3-1-4-8-19/h1-12,16H,13-15,18H2,(H,28,30). The Balaban J connectivity index is 1.70. The molecule has 1 N–H and O–H groups in total. The summed E-state index contributed by atoms with van der Waals surface area (Å²) in [5, 5.41) is 12.7. The molecule has 0 saturated heterocycles. The summed E-state index contributed by atoms with van der Waals surface area (Å²) in [5.41, 5.74) is 2.66. The van der Waals surface area contributed by atoms with E-state index < -0.39 is 0 Å². The Morgan fingerprint density at radius 3 is 2.23 bits per heavy atom. The first-order chi connectivity index (χ1) is 15.1. The van der Waals surface area contributed by atoms with E-state index in [0.717, 1.165) is 11.1 Å². The van der Waals surface area contributed by atoms with E-state index in [4.69, 9.17) is 11.6 Å². The van der Waals surface area contributed by atoms with E-state index >= 15 is 0 Å². The number of nitriles is 1. The number of benzene rings is 3. The molecule has 3 aromatic rings. The summed E-state index contributed by atoms with van der Waals surface area (Å²) in [6, 6.07) is 25.9. The summed E-state index contributed by atoms with van der Waals surface area (Å²) in [5.74, 6) is -0.350. The molecule has 0 aliphatic heterocycles. The van der Waals surface area contributed by atoms with Crippen LogP contribution in [0.3, 0.4) is 0 Å². The van der Waals surface area contributed by atoms with Crippen molar-refractivity contribution < 1.29 is 9.59 Å². The fourth-order valence-corrected chi connectivity index (χ4v) is 3.35. The lowest BCUT2D eigenvalue weighted by Crippen LogP contribution is -2.35. The summed E-state index contributed by atoms with van der Waals surface area (Å²) in [6.45, 7) is 0.505. The number of hydrogen-bond acceptors (Lipinski definition) is 3. The van der Waals surface area contributed by atoms with Crippen LogP contribution in [0.2, 0.25) is 5.02 Å². The molecule has 0 spiro atoms. The first kappa shape index (κ1) is 22.1. The van der Waals surface area contributed by atoms with Crippen molar-refractivity contribution in [1.29, 1.82) is 5.26 Å². The summed E-state index contributed by atoms with van der Waals surface area (Å²) in [7, 11) is 0. The van der Waals surface area contributed by atoms with Crippen molar-refractivity contribution in [2.75, 3.05) is 11.4 Å². The van der Waals surface area contributed by atoms with Crippen molar-refractivity contribution in [3.05, 3.63) is 101 Å². The number of hydrogen-bond donors (Lipinski definition) is 1. The molecule has 0 atom stereocenters. The topological polar surface area (TPSA) is 73.2 Å². The van der Waals surface area contributed by atoms with Gasteiger partial charge in [0.05, 0.1) is 24.2 Å². The number of carbonyl (C=O) groups is 2. The minimum Gasteiger partial charge on any atom is -0.355 e. The maximum atomic E-state index is 13.1. The van der Waals surface area contributed by atoms with Gasteiger partial charge >= 0.3 is 0 Å². The van der Waals surface area contributed by atoms with Crippen LogP contribution in [0.1, 0.15) is 23.1 Å². The predicted octanol–water partition coefficient (Wildman–Crippen LogP) is 4.49. The van der Waals surface area contributed by atoms with Crippen molar-refractivity contribution in [2.24, 2.45) is 0 Å². The zero-order valence-corrected chi connectivity index (χ0v) is 17.7. The van der Waals surface area contributed by atoms with Crippen molar-refractivity contribution in [1.82, 2.24) is 5.32 Å². The first-order valence-corrected chi connectivity index (χ1v) is 10.3. The lowest BCUT2D eigenvalue weighted by molar-refractivity contribution is -0.121. The van der Waals surface area contributed by atoms with Crippen LogP contribution >= 0.6 is 11.6 Å². The third kappa shape index (κ3) is 6.43. The molecular formula is C25H22ClN3O2. The first-order valence-electron chi connectivity index (χ1n) is 9.91. The van der Waals surface area contributed by atoms with Crippen LogP contribution in [0.15, 0.2) is 78.9 Å². The Labute approximate surface area is 186 Å². The van der Waals surface area contributed by atoms with E-state index in [1.807, 2.05) is 60.7 Å². The molecule has 2 amide bonds. The number of amides is 2. The van der Waals surface area contributed by atoms with Gasteiger partial charge in [0.25, 0.3) is 0 Å². The SMILES string of the molecule is N#Cc1ccc(Cl)cc1N(Cc1ccccc1)C(=O)CCNC(=O)Cc1ccccc1. The molecular weight excluding hydrogens is 410 g/mol. The minimum atomic E-state index is -0.206. The van der Waals surface area contributed by atoms with Gasteiger partial charge in [-0.1, -0.05) is 72.3 Å². The van der Waals surface area contributed by atoms with E-state index in [1.54, 1.807) is 23.1 Å². The molecule has 0 saturated carbocycles. The molecule has 156 valence electrons. The Morgan fingerprint density at radius 2 is 1.58 bits per heavy atom. The maximum absolute atomic E-state index is 13.1. The molecule has 0 aromatic heterocycles. The Bertz CT molecular complexity index is 1080. The third-order valence-electron chi connectivity index (χ3n) is 4.72. The lowest BCUT2D eigenvalue weighted by Gasteiger charge is -2.24. The second-order valence-corrected chi connectivity index (χ2v) is 7.44. The average Bonchev–Trinajstić information content (AvgIpc) is 2.78. The maximum Gasteiger partial charge on any atom is 0.229 e. The van der Waals surface area contributed by atoms with E-state index in [2.05, 4.69) is 11.4 Å². The number of halogens is 1. The van der Waals surface area contributed by atoms with Gasteiger partial charge in [0.1, 0.15) is 6.07 Å². The molecule has 0 aliphatic carbocycles. The van der Waals surface area contributed by atoms with Gasteiger partial charge in [0.2, 0.25) is 11.8 Å². The fraction of sp³-hybridized carbons (Fsp3) is 0.160. The molecule has 0 unspecified atom stereocenters. The molecule has 6 heteroatoms. The molecule has 0 fully saturated rings. The Kier molecular flexibility index (Phi) is 7.80. The average molecular weight is 432 g/mol. The number of nitrogens with zero attached hydrogens (tertiary/aromatic N) is 2. The van der Waals surface area contributed by atoms with Gasteiger partial charge in [-0.15, -0.1) is 0 Å². The number of anilines is 1. The zero-order valence-electron chi connectivity index (χ0n) is 16.9. The summed E-state index contributed by atoms with van der Waals surface area (Å²) in [4.78, 5) is 26.8. The molecule has 3 aromatic carbocycles. The van der Waals surface area contributed by atoms with E-state index in [9.17, 15) is 14.9 Å². The van der Waals surface area contributed by atoms with Gasteiger partial charge in [0, 0.05) is 18.0 Å². The van der Waals surface area contributed by atoms with Crippen LogP contribution in [0.5, 0.6) is 0 Å². The van der Waals surface area contributed by atoms with Gasteiger partial charge in [-0.25, -0.2) is 0 Å². The lowest BCUT2D eigenvalue weighted by atomic mass is 10.1. The molecule has 0 bridgehead atoms. The fourth-order valence-electron chi connectivity index (χ4n) is 3.18. The summed E-state index contributed by atoms with van der Waals surface area (Å²) in [6.07, 6.45) is 0.361. The highest BCUT2D eigenvalue weighted by molar-refractivity contribution is 6.31.